The number of hydrogen-bond donors (Lipinski definition) is 2. The number of piperidine rings is 1. The van der Waals surface area contributed by atoms with Crippen LogP contribution in [-0.2, 0) is 23.9 Å². The molecular weight excluding hydrogens is 435 g/mol. The first-order chi connectivity index (χ1) is 15.0. The van der Waals surface area contributed by atoms with Crippen LogP contribution < -0.4 is 5.73 Å². The van der Waals surface area contributed by atoms with E-state index >= 15 is 0 Å². The summed E-state index contributed by atoms with van der Waals surface area (Å²) in [5.74, 6) is -4.61. The van der Waals surface area contributed by atoms with Gasteiger partial charge in [-0.2, -0.15) is 13.2 Å². The van der Waals surface area contributed by atoms with E-state index in [4.69, 9.17) is 15.9 Å². The number of benzene rings is 1. The first-order valence-corrected chi connectivity index (χ1v) is 9.66. The van der Waals surface area contributed by atoms with Gasteiger partial charge in [0.15, 0.2) is 5.78 Å². The highest BCUT2D eigenvalue weighted by Crippen LogP contribution is 2.18. The van der Waals surface area contributed by atoms with Gasteiger partial charge in [0, 0.05) is 37.1 Å². The van der Waals surface area contributed by atoms with Crippen molar-refractivity contribution in [1.82, 2.24) is 4.90 Å². The number of halogens is 3. The van der Waals surface area contributed by atoms with E-state index in [9.17, 15) is 32.3 Å². The number of alkyl halides is 3. The number of carbonyl (C=O) groups excluding carboxylic acids is 4. The third-order valence-electron chi connectivity index (χ3n) is 4.75. The Balaban J connectivity index is 1.70. The zero-order chi connectivity index (χ0) is 23.9. The Bertz CT molecular complexity index is 878. The van der Waals surface area contributed by atoms with Gasteiger partial charge in [-0.25, -0.2) is 9.59 Å². The van der Waals surface area contributed by atoms with Crippen molar-refractivity contribution in [2.45, 2.75) is 38.0 Å². The second-order valence-corrected chi connectivity index (χ2v) is 7.06. The number of ether oxygens (including phenoxy) is 2. The molecule has 0 bridgehead atoms. The van der Waals surface area contributed by atoms with E-state index < -0.39 is 30.8 Å². The Morgan fingerprint density at radius 2 is 1.59 bits per heavy atom. The van der Waals surface area contributed by atoms with Crippen molar-refractivity contribution in [2.75, 3.05) is 19.7 Å². The highest BCUT2D eigenvalue weighted by Gasteiger charge is 2.42. The normalized spacial score (nSPS) is 14.7. The fourth-order valence-electron chi connectivity index (χ4n) is 3.01. The van der Waals surface area contributed by atoms with Crippen molar-refractivity contribution in [3.63, 3.8) is 0 Å². The summed E-state index contributed by atoms with van der Waals surface area (Å²) >= 11 is 0. The minimum atomic E-state index is -5.26. The second kappa shape index (κ2) is 10.8. The number of likely N-dealkylation sites (tertiary alicyclic amines) is 1. The van der Waals surface area contributed by atoms with Gasteiger partial charge < -0.3 is 20.1 Å². The SMILES string of the molecule is N=C(N)c1ccc(C(=O)CCC(=O)N2CCC(OCC(=O)OC(=O)C(F)(F)F)CC2)cc1. The highest BCUT2D eigenvalue weighted by molar-refractivity contribution is 6.00. The largest absolute Gasteiger partial charge is 0.491 e. The lowest BCUT2D eigenvalue weighted by Crippen LogP contribution is -2.41. The van der Waals surface area contributed by atoms with Gasteiger partial charge in [0.05, 0.1) is 6.10 Å². The number of amides is 1. The van der Waals surface area contributed by atoms with E-state index in [2.05, 4.69) is 4.74 Å². The predicted octanol–water partition coefficient (Wildman–Crippen LogP) is 1.57. The maximum atomic E-state index is 12.3. The summed E-state index contributed by atoms with van der Waals surface area (Å²) in [5, 5.41) is 7.33. The van der Waals surface area contributed by atoms with Crippen LogP contribution in [0.1, 0.15) is 41.6 Å². The van der Waals surface area contributed by atoms with Crippen LogP contribution in [0.25, 0.3) is 0 Å². The maximum Gasteiger partial charge on any atom is 0.491 e. The molecule has 32 heavy (non-hydrogen) atoms. The maximum absolute atomic E-state index is 12.3. The Hall–Kier alpha value is -3.28. The molecule has 0 unspecified atom stereocenters. The first kappa shape index (κ1) is 25.0. The monoisotopic (exact) mass is 457 g/mol. The molecule has 0 aliphatic carbocycles. The number of esters is 2. The van der Waals surface area contributed by atoms with E-state index in [-0.39, 0.29) is 30.4 Å². The van der Waals surface area contributed by atoms with Crippen molar-refractivity contribution in [2.24, 2.45) is 5.73 Å². The number of nitrogen functional groups attached to an aromatic ring is 1. The van der Waals surface area contributed by atoms with E-state index in [1.165, 1.54) is 4.90 Å². The van der Waals surface area contributed by atoms with Crippen LogP contribution in [0.4, 0.5) is 13.2 Å². The summed E-state index contributed by atoms with van der Waals surface area (Å²) in [7, 11) is 0. The van der Waals surface area contributed by atoms with Gasteiger partial charge in [-0.15, -0.1) is 0 Å². The number of nitrogens with zero attached hydrogens (tertiary/aromatic N) is 1. The van der Waals surface area contributed by atoms with Crippen molar-refractivity contribution in [1.29, 1.82) is 5.41 Å². The average Bonchev–Trinajstić information content (AvgIpc) is 2.75. The highest BCUT2D eigenvalue weighted by atomic mass is 19.4. The van der Waals surface area contributed by atoms with Crippen molar-refractivity contribution < 1.29 is 41.8 Å². The first-order valence-electron chi connectivity index (χ1n) is 9.66. The quantitative estimate of drug-likeness (QED) is 0.199. The summed E-state index contributed by atoms with van der Waals surface area (Å²) in [6, 6.07) is 6.19. The average molecular weight is 457 g/mol. The molecule has 0 aromatic heterocycles. The molecule has 9 nitrogen and oxygen atoms in total. The summed E-state index contributed by atoms with van der Waals surface area (Å²) in [4.78, 5) is 47.9. The second-order valence-electron chi connectivity index (χ2n) is 7.06. The van der Waals surface area contributed by atoms with E-state index in [0.29, 0.717) is 37.1 Å². The summed E-state index contributed by atoms with van der Waals surface area (Å²) < 4.78 is 44.9. The Labute approximate surface area is 181 Å². The van der Waals surface area contributed by atoms with Gasteiger partial charge in [-0.1, -0.05) is 24.3 Å². The van der Waals surface area contributed by atoms with Crippen LogP contribution in [0.3, 0.4) is 0 Å². The van der Waals surface area contributed by atoms with Crippen LogP contribution in [0.15, 0.2) is 24.3 Å². The molecule has 0 saturated carbocycles. The summed E-state index contributed by atoms with van der Waals surface area (Å²) in [5.41, 5.74) is 6.26. The number of amidine groups is 1. The molecule has 174 valence electrons. The molecule has 1 amide bonds. The topological polar surface area (TPSA) is 140 Å². The van der Waals surface area contributed by atoms with Gasteiger partial charge in [-0.05, 0) is 12.8 Å². The van der Waals surface area contributed by atoms with Crippen LogP contribution in [-0.4, -0.2) is 66.3 Å². The molecule has 1 aliphatic rings. The molecule has 1 aromatic rings. The number of nitrogens with two attached hydrogens (primary N) is 1. The Kier molecular flexibility index (Phi) is 8.47. The van der Waals surface area contributed by atoms with Crippen molar-refractivity contribution in [3.05, 3.63) is 35.4 Å². The van der Waals surface area contributed by atoms with E-state index in [1.807, 2.05) is 0 Å². The van der Waals surface area contributed by atoms with Crippen LogP contribution in [0, 0.1) is 5.41 Å². The third kappa shape index (κ3) is 7.45. The number of ketones is 1. The zero-order valence-corrected chi connectivity index (χ0v) is 16.9. The molecular formula is C20H22F3N3O6. The number of Topliss-reactive ketones (excluding diaryl/α,β-unsaturated/α-hetero) is 1. The molecule has 1 saturated heterocycles. The number of hydrogen-bond acceptors (Lipinski definition) is 7. The fraction of sp³-hybridized carbons (Fsp3) is 0.450. The lowest BCUT2D eigenvalue weighted by Gasteiger charge is -2.31. The minimum absolute atomic E-state index is 0.00466. The van der Waals surface area contributed by atoms with Gasteiger partial charge >= 0.3 is 18.1 Å². The van der Waals surface area contributed by atoms with Crippen LogP contribution in [0.2, 0.25) is 0 Å². The lowest BCUT2D eigenvalue weighted by atomic mass is 10.0. The molecule has 1 aromatic carbocycles. The predicted molar refractivity (Wildman–Crippen MR) is 104 cm³/mol. The van der Waals surface area contributed by atoms with Crippen LogP contribution >= 0.6 is 0 Å². The molecule has 3 N–H and O–H groups in total. The van der Waals surface area contributed by atoms with Gasteiger partial charge in [0.2, 0.25) is 5.91 Å². The molecule has 0 spiro atoms. The standard InChI is InChI=1S/C20H22F3N3O6/c21-20(22,23)19(30)32-17(29)11-31-14-7-9-26(10-8-14)16(28)6-5-15(27)12-1-3-13(4-2-12)18(24)25/h1-4,14H,5-11H2,(H3,24,25). The molecule has 12 heteroatoms. The van der Waals surface area contributed by atoms with Crippen molar-refractivity contribution in [3.8, 4) is 0 Å². The number of rotatable bonds is 8. The summed E-state index contributed by atoms with van der Waals surface area (Å²) in [6.45, 7) is -0.222. The molecule has 1 heterocycles. The molecule has 0 radical (unpaired) electrons. The van der Waals surface area contributed by atoms with E-state index in [0.717, 1.165) is 0 Å². The molecule has 0 atom stereocenters. The third-order valence-corrected chi connectivity index (χ3v) is 4.75. The molecule has 1 fully saturated rings. The fourth-order valence-corrected chi connectivity index (χ4v) is 3.01. The Morgan fingerprint density at radius 3 is 2.12 bits per heavy atom. The summed E-state index contributed by atoms with van der Waals surface area (Å²) in [6.07, 6.45) is -5.05. The zero-order valence-electron chi connectivity index (χ0n) is 16.9. The smallest absolute Gasteiger partial charge is 0.385 e. The van der Waals surface area contributed by atoms with Gasteiger partial charge in [-0.3, -0.25) is 15.0 Å². The minimum Gasteiger partial charge on any atom is -0.385 e. The van der Waals surface area contributed by atoms with Gasteiger partial charge in [0.25, 0.3) is 0 Å². The van der Waals surface area contributed by atoms with E-state index in [1.54, 1.807) is 24.3 Å². The van der Waals surface area contributed by atoms with Crippen molar-refractivity contribution >= 4 is 29.5 Å². The number of nitrogens with one attached hydrogen (secondary N) is 1. The molecule has 1 aliphatic heterocycles. The molecule has 2 rings (SSSR count). The lowest BCUT2D eigenvalue weighted by molar-refractivity contribution is -0.203. The van der Waals surface area contributed by atoms with Gasteiger partial charge in [0.1, 0.15) is 12.4 Å². The number of carbonyl (C=O) groups is 4. The van der Waals surface area contributed by atoms with Crippen LogP contribution in [0.5, 0.6) is 0 Å². The Morgan fingerprint density at radius 1 is 1.03 bits per heavy atom.